The molecule has 0 radical (unpaired) electrons. The van der Waals surface area contributed by atoms with E-state index in [0.717, 1.165) is 36.9 Å². The van der Waals surface area contributed by atoms with Gasteiger partial charge in [-0.2, -0.15) is 4.98 Å². The number of thioether (sulfide) groups is 1. The minimum absolute atomic E-state index is 0. The molecule has 1 aliphatic rings. The van der Waals surface area contributed by atoms with Crippen molar-refractivity contribution >= 4 is 30.0 Å². The first-order chi connectivity index (χ1) is 8.72. The second kappa shape index (κ2) is 7.77. The van der Waals surface area contributed by atoms with Gasteiger partial charge in [0.1, 0.15) is 5.82 Å². The topological polar surface area (TPSA) is 64.3 Å². The summed E-state index contributed by atoms with van der Waals surface area (Å²) in [6.07, 6.45) is 4.18. The molecule has 5 nitrogen and oxygen atoms in total. The molecule has 1 atom stereocenters. The van der Waals surface area contributed by atoms with Crippen LogP contribution in [0.1, 0.15) is 19.8 Å². The molecular weight excluding hydrogens is 284 g/mol. The van der Waals surface area contributed by atoms with Crippen molar-refractivity contribution in [3.63, 3.8) is 0 Å². The highest BCUT2D eigenvalue weighted by Crippen LogP contribution is 2.24. The predicted octanol–water partition coefficient (Wildman–Crippen LogP) is 1.95. The Labute approximate surface area is 124 Å². The van der Waals surface area contributed by atoms with Crippen LogP contribution in [0.15, 0.2) is 11.2 Å². The molecule has 0 bridgehead atoms. The van der Waals surface area contributed by atoms with Gasteiger partial charge in [-0.1, -0.05) is 11.8 Å². The van der Waals surface area contributed by atoms with Gasteiger partial charge in [0.25, 0.3) is 0 Å². The molecule has 2 rings (SSSR count). The molecule has 1 aliphatic heterocycles. The van der Waals surface area contributed by atoms with E-state index in [1.165, 1.54) is 11.8 Å². The maximum absolute atomic E-state index is 6.01. The van der Waals surface area contributed by atoms with Crippen LogP contribution in [0.25, 0.3) is 0 Å². The summed E-state index contributed by atoms with van der Waals surface area (Å²) in [4.78, 5) is 11.1. The molecule has 0 aliphatic carbocycles. The van der Waals surface area contributed by atoms with Crippen LogP contribution < -0.4 is 15.4 Å². The third-order valence-electron chi connectivity index (χ3n) is 2.93. The number of halogens is 1. The van der Waals surface area contributed by atoms with E-state index >= 15 is 0 Å². The van der Waals surface area contributed by atoms with Crippen molar-refractivity contribution in [2.75, 3.05) is 30.9 Å². The SMILES string of the molecule is CCOc1cc(N2CCCC(N)C2)nc(SC)n1.Cl. The normalized spacial score (nSPS) is 18.9. The lowest BCUT2D eigenvalue weighted by Crippen LogP contribution is -2.43. The van der Waals surface area contributed by atoms with E-state index in [4.69, 9.17) is 10.5 Å². The van der Waals surface area contributed by atoms with Crippen molar-refractivity contribution < 1.29 is 4.74 Å². The summed E-state index contributed by atoms with van der Waals surface area (Å²) in [5.41, 5.74) is 6.01. The Kier molecular flexibility index (Phi) is 6.68. The van der Waals surface area contributed by atoms with Gasteiger partial charge in [-0.05, 0) is 26.0 Å². The first-order valence-corrected chi connectivity index (χ1v) is 7.51. The Hall–Kier alpha value is -0.720. The standard InChI is InChI=1S/C12H20N4OS.ClH/c1-3-17-11-7-10(14-12(15-11)18-2)16-6-4-5-9(13)8-16;/h7,9H,3-6,8,13H2,1-2H3;1H. The van der Waals surface area contributed by atoms with Crippen molar-refractivity contribution in [3.05, 3.63) is 6.07 Å². The van der Waals surface area contributed by atoms with Crippen LogP contribution in [0, 0.1) is 0 Å². The summed E-state index contributed by atoms with van der Waals surface area (Å²) in [6.45, 7) is 4.43. The van der Waals surface area contributed by atoms with Gasteiger partial charge >= 0.3 is 0 Å². The lowest BCUT2D eigenvalue weighted by atomic mass is 10.1. The molecule has 2 heterocycles. The third kappa shape index (κ3) is 4.40. The van der Waals surface area contributed by atoms with Gasteiger partial charge in [0.2, 0.25) is 5.88 Å². The number of ether oxygens (including phenoxy) is 1. The van der Waals surface area contributed by atoms with Gasteiger partial charge in [0.15, 0.2) is 5.16 Å². The van der Waals surface area contributed by atoms with E-state index in [-0.39, 0.29) is 18.4 Å². The van der Waals surface area contributed by atoms with Crippen molar-refractivity contribution in [1.82, 2.24) is 9.97 Å². The van der Waals surface area contributed by atoms with Crippen molar-refractivity contribution in [2.24, 2.45) is 5.73 Å². The minimum atomic E-state index is 0. The zero-order valence-corrected chi connectivity index (χ0v) is 13.0. The Bertz CT molecular complexity index is 407. The predicted molar refractivity (Wildman–Crippen MR) is 81.7 cm³/mol. The maximum Gasteiger partial charge on any atom is 0.219 e. The van der Waals surface area contributed by atoms with Gasteiger partial charge in [0.05, 0.1) is 6.61 Å². The summed E-state index contributed by atoms with van der Waals surface area (Å²) in [7, 11) is 0. The molecule has 0 amide bonds. The highest BCUT2D eigenvalue weighted by Gasteiger charge is 2.19. The van der Waals surface area contributed by atoms with Crippen molar-refractivity contribution in [3.8, 4) is 5.88 Å². The highest BCUT2D eigenvalue weighted by molar-refractivity contribution is 7.98. The molecule has 1 aromatic rings. The number of nitrogens with two attached hydrogens (primary N) is 1. The van der Waals surface area contributed by atoms with Crippen molar-refractivity contribution in [1.29, 1.82) is 0 Å². The van der Waals surface area contributed by atoms with E-state index in [1.807, 2.05) is 19.2 Å². The molecule has 1 aromatic heterocycles. The van der Waals surface area contributed by atoms with Gasteiger partial charge < -0.3 is 15.4 Å². The molecule has 1 unspecified atom stereocenters. The smallest absolute Gasteiger partial charge is 0.219 e. The van der Waals surface area contributed by atoms with E-state index in [0.29, 0.717) is 12.5 Å². The Morgan fingerprint density at radius 1 is 1.53 bits per heavy atom. The highest BCUT2D eigenvalue weighted by atomic mass is 35.5. The quantitative estimate of drug-likeness (QED) is 0.677. The summed E-state index contributed by atoms with van der Waals surface area (Å²) in [5, 5.41) is 0.745. The Balaban J connectivity index is 0.00000180. The van der Waals surface area contributed by atoms with Crippen LogP contribution in [0.2, 0.25) is 0 Å². The maximum atomic E-state index is 6.01. The Morgan fingerprint density at radius 3 is 2.95 bits per heavy atom. The van der Waals surface area contributed by atoms with Crippen LogP contribution in [-0.4, -0.2) is 42.0 Å². The number of hydrogen-bond acceptors (Lipinski definition) is 6. The largest absolute Gasteiger partial charge is 0.478 e. The first kappa shape index (κ1) is 16.3. The van der Waals surface area contributed by atoms with Crippen molar-refractivity contribution in [2.45, 2.75) is 31.0 Å². The number of anilines is 1. The number of aromatic nitrogens is 2. The number of piperidine rings is 1. The summed E-state index contributed by atoms with van der Waals surface area (Å²) in [5.74, 6) is 1.57. The van der Waals surface area contributed by atoms with Gasteiger partial charge in [0, 0.05) is 25.2 Å². The summed E-state index contributed by atoms with van der Waals surface area (Å²) in [6, 6.07) is 2.14. The van der Waals surface area contributed by atoms with E-state index in [9.17, 15) is 0 Å². The van der Waals surface area contributed by atoms with Gasteiger partial charge in [-0.25, -0.2) is 4.98 Å². The summed E-state index contributed by atoms with van der Waals surface area (Å²) < 4.78 is 5.48. The van der Waals surface area contributed by atoms with Gasteiger partial charge in [-0.15, -0.1) is 12.4 Å². The molecule has 19 heavy (non-hydrogen) atoms. The average Bonchev–Trinajstić information content (AvgIpc) is 2.39. The zero-order valence-electron chi connectivity index (χ0n) is 11.3. The van der Waals surface area contributed by atoms with Crippen LogP contribution in [0.5, 0.6) is 5.88 Å². The molecule has 0 aromatic carbocycles. The fraction of sp³-hybridized carbons (Fsp3) is 0.667. The minimum Gasteiger partial charge on any atom is -0.478 e. The monoisotopic (exact) mass is 304 g/mol. The number of hydrogen-bond donors (Lipinski definition) is 1. The molecular formula is C12H21ClN4OS. The van der Waals surface area contributed by atoms with E-state index < -0.39 is 0 Å². The second-order valence-corrected chi connectivity index (χ2v) is 5.11. The van der Waals surface area contributed by atoms with E-state index in [2.05, 4.69) is 14.9 Å². The van der Waals surface area contributed by atoms with Crippen LogP contribution >= 0.6 is 24.2 Å². The fourth-order valence-corrected chi connectivity index (χ4v) is 2.45. The van der Waals surface area contributed by atoms with Gasteiger partial charge in [-0.3, -0.25) is 0 Å². The number of rotatable bonds is 4. The number of nitrogens with zero attached hydrogens (tertiary/aromatic N) is 3. The zero-order chi connectivity index (χ0) is 13.0. The third-order valence-corrected chi connectivity index (χ3v) is 3.47. The van der Waals surface area contributed by atoms with Crippen LogP contribution in [-0.2, 0) is 0 Å². The lowest BCUT2D eigenvalue weighted by Gasteiger charge is -2.31. The molecule has 2 N–H and O–H groups in total. The molecule has 0 spiro atoms. The van der Waals surface area contributed by atoms with E-state index in [1.54, 1.807) is 0 Å². The summed E-state index contributed by atoms with van der Waals surface area (Å²) >= 11 is 1.53. The van der Waals surface area contributed by atoms with Crippen LogP contribution in [0.3, 0.4) is 0 Å². The molecule has 0 saturated carbocycles. The van der Waals surface area contributed by atoms with Crippen LogP contribution in [0.4, 0.5) is 5.82 Å². The average molecular weight is 305 g/mol. The fourth-order valence-electron chi connectivity index (χ4n) is 2.09. The Morgan fingerprint density at radius 2 is 2.32 bits per heavy atom. The first-order valence-electron chi connectivity index (χ1n) is 6.29. The lowest BCUT2D eigenvalue weighted by molar-refractivity contribution is 0.323. The molecule has 7 heteroatoms. The second-order valence-electron chi connectivity index (χ2n) is 4.33. The molecule has 108 valence electrons. The molecule has 1 fully saturated rings. The molecule has 1 saturated heterocycles.